The average molecular weight is 250 g/mol. The Morgan fingerprint density at radius 1 is 1.07 bits per heavy atom. The lowest BCUT2D eigenvalue weighted by Gasteiger charge is -2.00. The second kappa shape index (κ2) is 9.01. The van der Waals surface area contributed by atoms with Crippen LogP contribution in [-0.4, -0.2) is 12.3 Å². The first kappa shape index (κ1) is 14.8. The van der Waals surface area contributed by atoms with Gasteiger partial charge in [0.05, 0.1) is 0 Å². The molecule has 0 aromatic heterocycles. The van der Waals surface area contributed by atoms with Crippen LogP contribution in [0.3, 0.4) is 0 Å². The van der Waals surface area contributed by atoms with Gasteiger partial charge in [0, 0.05) is 4.90 Å². The van der Waals surface area contributed by atoms with Gasteiger partial charge in [-0.25, -0.2) is 4.39 Å². The predicted molar refractivity (Wildman–Crippen MR) is 67.3 cm³/mol. The summed E-state index contributed by atoms with van der Waals surface area (Å²) in [6.07, 6.45) is 3.47. The Morgan fingerprint density at radius 3 is 2.33 bits per heavy atom. The number of hydrogen-bond acceptors (Lipinski definition) is 2. The minimum atomic E-state index is -0.169. The zero-order valence-corrected chi connectivity index (χ0v) is 10.2. The fraction of sp³-hybridized carbons (Fsp3) is 0.455. The molecule has 0 aliphatic heterocycles. The van der Waals surface area contributed by atoms with Gasteiger partial charge in [-0.15, -0.1) is 24.2 Å². The van der Waals surface area contributed by atoms with Crippen LogP contribution in [-0.2, 0) is 0 Å². The summed E-state index contributed by atoms with van der Waals surface area (Å²) in [4.78, 5) is 1.14. The van der Waals surface area contributed by atoms with E-state index in [9.17, 15) is 4.39 Å². The van der Waals surface area contributed by atoms with Crippen molar-refractivity contribution < 1.29 is 4.39 Å². The van der Waals surface area contributed by atoms with Gasteiger partial charge in [-0.2, -0.15) is 0 Å². The first-order valence-corrected chi connectivity index (χ1v) is 5.90. The molecule has 0 saturated carbocycles. The molecule has 1 aromatic carbocycles. The van der Waals surface area contributed by atoms with Gasteiger partial charge in [0.1, 0.15) is 5.82 Å². The second-order valence-electron chi connectivity index (χ2n) is 3.15. The fourth-order valence-electron chi connectivity index (χ4n) is 1.14. The van der Waals surface area contributed by atoms with Crippen LogP contribution < -0.4 is 5.73 Å². The summed E-state index contributed by atoms with van der Waals surface area (Å²) >= 11 is 1.77. The molecule has 0 fully saturated rings. The van der Waals surface area contributed by atoms with Gasteiger partial charge < -0.3 is 5.73 Å². The highest BCUT2D eigenvalue weighted by Crippen LogP contribution is 2.19. The van der Waals surface area contributed by atoms with Gasteiger partial charge >= 0.3 is 0 Å². The number of halogens is 2. The third-order valence-electron chi connectivity index (χ3n) is 1.93. The Morgan fingerprint density at radius 2 is 1.73 bits per heavy atom. The van der Waals surface area contributed by atoms with E-state index in [0.29, 0.717) is 0 Å². The molecule has 0 spiro atoms. The molecule has 0 aliphatic rings. The molecule has 4 heteroatoms. The van der Waals surface area contributed by atoms with E-state index in [0.717, 1.165) is 23.6 Å². The van der Waals surface area contributed by atoms with E-state index in [-0.39, 0.29) is 18.2 Å². The van der Waals surface area contributed by atoms with Crippen molar-refractivity contribution in [1.82, 2.24) is 0 Å². The molecular formula is C11H17ClFNS. The van der Waals surface area contributed by atoms with Crippen molar-refractivity contribution >= 4 is 24.2 Å². The molecule has 0 heterocycles. The van der Waals surface area contributed by atoms with Gasteiger partial charge in [0.2, 0.25) is 0 Å². The maximum Gasteiger partial charge on any atom is 0.123 e. The number of nitrogens with two attached hydrogens (primary N) is 1. The Kier molecular flexibility index (Phi) is 8.86. The topological polar surface area (TPSA) is 26.0 Å². The van der Waals surface area contributed by atoms with Crippen molar-refractivity contribution in [2.45, 2.75) is 24.2 Å². The Bertz CT molecular complexity index is 253. The standard InChI is InChI=1S/C11H16FNS.ClH/c12-10-4-6-11(7-5-10)14-9-3-1-2-8-13;/h4-7H,1-3,8-9,13H2;1H. The summed E-state index contributed by atoms with van der Waals surface area (Å²) in [7, 11) is 0. The van der Waals surface area contributed by atoms with Crippen LogP contribution in [0.4, 0.5) is 4.39 Å². The number of thioether (sulfide) groups is 1. The van der Waals surface area contributed by atoms with Gasteiger partial charge in [-0.3, -0.25) is 0 Å². The number of hydrogen-bond donors (Lipinski definition) is 1. The third-order valence-corrected chi connectivity index (χ3v) is 3.03. The Balaban J connectivity index is 0.00000196. The lowest BCUT2D eigenvalue weighted by molar-refractivity contribution is 0.626. The SMILES string of the molecule is Cl.NCCCCCSc1ccc(F)cc1. The number of unbranched alkanes of at least 4 members (excludes halogenated alkanes) is 2. The van der Waals surface area contributed by atoms with Crippen LogP contribution in [0.25, 0.3) is 0 Å². The van der Waals surface area contributed by atoms with Crippen molar-refractivity contribution in [1.29, 1.82) is 0 Å². The number of rotatable bonds is 6. The molecule has 0 bridgehead atoms. The summed E-state index contributed by atoms with van der Waals surface area (Å²) in [6, 6.07) is 6.65. The van der Waals surface area contributed by atoms with Crippen LogP contribution in [0.15, 0.2) is 29.2 Å². The van der Waals surface area contributed by atoms with Gasteiger partial charge in [0.15, 0.2) is 0 Å². The van der Waals surface area contributed by atoms with E-state index in [2.05, 4.69) is 0 Å². The zero-order valence-electron chi connectivity index (χ0n) is 8.62. The minimum absolute atomic E-state index is 0. The molecule has 0 amide bonds. The van der Waals surface area contributed by atoms with E-state index in [1.54, 1.807) is 11.8 Å². The van der Waals surface area contributed by atoms with Crippen molar-refractivity contribution in [2.75, 3.05) is 12.3 Å². The highest BCUT2D eigenvalue weighted by atomic mass is 35.5. The van der Waals surface area contributed by atoms with Crippen LogP contribution in [0.2, 0.25) is 0 Å². The van der Waals surface area contributed by atoms with Crippen LogP contribution in [0.5, 0.6) is 0 Å². The molecule has 0 aliphatic carbocycles. The molecule has 2 N–H and O–H groups in total. The molecule has 1 rings (SSSR count). The molecule has 86 valence electrons. The van der Waals surface area contributed by atoms with Crippen LogP contribution in [0.1, 0.15) is 19.3 Å². The lowest BCUT2D eigenvalue weighted by Crippen LogP contribution is -1.97. The first-order chi connectivity index (χ1) is 6.83. The molecule has 0 atom stereocenters. The molecule has 1 nitrogen and oxygen atoms in total. The zero-order chi connectivity index (χ0) is 10.2. The Hall–Kier alpha value is -0.250. The van der Waals surface area contributed by atoms with Crippen LogP contribution in [0, 0.1) is 5.82 Å². The monoisotopic (exact) mass is 249 g/mol. The van der Waals surface area contributed by atoms with E-state index in [4.69, 9.17) is 5.73 Å². The van der Waals surface area contributed by atoms with E-state index in [1.165, 1.54) is 25.0 Å². The first-order valence-electron chi connectivity index (χ1n) is 4.91. The maximum absolute atomic E-state index is 12.6. The van der Waals surface area contributed by atoms with Crippen molar-refractivity contribution in [3.63, 3.8) is 0 Å². The minimum Gasteiger partial charge on any atom is -0.330 e. The smallest absolute Gasteiger partial charge is 0.123 e. The lowest BCUT2D eigenvalue weighted by atomic mass is 10.2. The molecule has 1 aromatic rings. The number of benzene rings is 1. The summed E-state index contributed by atoms with van der Waals surface area (Å²) < 4.78 is 12.6. The Labute approximate surface area is 101 Å². The van der Waals surface area contributed by atoms with Crippen molar-refractivity contribution in [3.05, 3.63) is 30.1 Å². The van der Waals surface area contributed by atoms with Crippen molar-refractivity contribution in [3.8, 4) is 0 Å². The molecule has 15 heavy (non-hydrogen) atoms. The predicted octanol–water partition coefficient (Wildman–Crippen LogP) is 3.47. The average Bonchev–Trinajstić information content (AvgIpc) is 2.21. The summed E-state index contributed by atoms with van der Waals surface area (Å²) in [5, 5.41) is 0. The van der Waals surface area contributed by atoms with Gasteiger partial charge in [-0.05, 0) is 49.4 Å². The van der Waals surface area contributed by atoms with Gasteiger partial charge in [-0.1, -0.05) is 6.42 Å². The normalized spacial score (nSPS) is 9.73. The molecule has 0 unspecified atom stereocenters. The maximum atomic E-state index is 12.6. The molecule has 0 saturated heterocycles. The van der Waals surface area contributed by atoms with Crippen LogP contribution >= 0.6 is 24.2 Å². The quantitative estimate of drug-likeness (QED) is 0.617. The largest absolute Gasteiger partial charge is 0.330 e. The van der Waals surface area contributed by atoms with E-state index in [1.807, 2.05) is 12.1 Å². The highest BCUT2D eigenvalue weighted by molar-refractivity contribution is 7.99. The summed E-state index contributed by atoms with van der Waals surface area (Å²) in [5.41, 5.74) is 5.39. The van der Waals surface area contributed by atoms with Gasteiger partial charge in [0.25, 0.3) is 0 Å². The highest BCUT2D eigenvalue weighted by Gasteiger charge is 1.94. The second-order valence-corrected chi connectivity index (χ2v) is 4.32. The third kappa shape index (κ3) is 6.77. The van der Waals surface area contributed by atoms with Crippen molar-refractivity contribution in [2.24, 2.45) is 5.73 Å². The molecule has 0 radical (unpaired) electrons. The summed E-state index contributed by atoms with van der Waals surface area (Å²) in [5.74, 6) is 0.920. The molecular weight excluding hydrogens is 233 g/mol. The van der Waals surface area contributed by atoms with E-state index < -0.39 is 0 Å². The summed E-state index contributed by atoms with van der Waals surface area (Å²) in [6.45, 7) is 0.779. The van der Waals surface area contributed by atoms with E-state index >= 15 is 0 Å². The fourth-order valence-corrected chi connectivity index (χ4v) is 2.06.